The van der Waals surface area contributed by atoms with E-state index in [0.717, 1.165) is 22.8 Å². The summed E-state index contributed by atoms with van der Waals surface area (Å²) in [6, 6.07) is 0. The summed E-state index contributed by atoms with van der Waals surface area (Å²) in [5.74, 6) is -1.36. The van der Waals surface area contributed by atoms with Gasteiger partial charge in [-0.25, -0.2) is 18.2 Å². The summed E-state index contributed by atoms with van der Waals surface area (Å²) in [5.41, 5.74) is 5.44. The topological polar surface area (TPSA) is 120 Å². The van der Waals surface area contributed by atoms with E-state index < -0.39 is 27.3 Å². The molecule has 1 aromatic heterocycles. The number of aromatic nitrogens is 1. The van der Waals surface area contributed by atoms with Gasteiger partial charge in [-0.15, -0.1) is 11.3 Å². The number of primary amides is 1. The van der Waals surface area contributed by atoms with Crippen LogP contribution in [-0.4, -0.2) is 49.8 Å². The number of esters is 1. The summed E-state index contributed by atoms with van der Waals surface area (Å²) < 4.78 is 30.7. The van der Waals surface area contributed by atoms with Gasteiger partial charge in [-0.05, 0) is 13.3 Å². The van der Waals surface area contributed by atoms with Crippen molar-refractivity contribution in [2.45, 2.75) is 17.6 Å². The summed E-state index contributed by atoms with van der Waals surface area (Å²) in [6.45, 7) is 1.78. The van der Waals surface area contributed by atoms with Crippen LogP contribution in [0.5, 0.6) is 0 Å². The van der Waals surface area contributed by atoms with Gasteiger partial charge in [-0.3, -0.25) is 4.79 Å². The van der Waals surface area contributed by atoms with Crippen molar-refractivity contribution in [1.29, 1.82) is 0 Å². The zero-order chi connectivity index (χ0) is 15.8. The molecule has 1 aliphatic heterocycles. The maximum absolute atomic E-state index is 12.6. The smallest absolute Gasteiger partial charge is 0.358 e. The van der Waals surface area contributed by atoms with E-state index >= 15 is 0 Å². The van der Waals surface area contributed by atoms with E-state index in [1.807, 2.05) is 0 Å². The van der Waals surface area contributed by atoms with E-state index in [1.165, 1.54) is 5.51 Å². The summed E-state index contributed by atoms with van der Waals surface area (Å²) in [6.07, 6.45) is 0.341. The lowest BCUT2D eigenvalue weighted by Gasteiger charge is -2.20. The SMILES string of the molecule is COC(=O)c1ncsc1S(=O)(=O)N1CCC(C)(C(N)=O)C1. The number of nitrogens with two attached hydrogens (primary N) is 1. The molecule has 0 aliphatic carbocycles. The lowest BCUT2D eigenvalue weighted by Crippen LogP contribution is -2.38. The monoisotopic (exact) mass is 333 g/mol. The molecule has 10 heteroatoms. The zero-order valence-corrected chi connectivity index (χ0v) is 13.2. The van der Waals surface area contributed by atoms with Gasteiger partial charge in [0.1, 0.15) is 0 Å². The maximum Gasteiger partial charge on any atom is 0.358 e. The molecule has 1 unspecified atom stereocenters. The first-order valence-electron chi connectivity index (χ1n) is 6.04. The molecular formula is C11H15N3O5S2. The number of hydrogen-bond acceptors (Lipinski definition) is 7. The third-order valence-electron chi connectivity index (χ3n) is 3.52. The third kappa shape index (κ3) is 2.65. The lowest BCUT2D eigenvalue weighted by atomic mass is 9.89. The molecule has 2 heterocycles. The zero-order valence-electron chi connectivity index (χ0n) is 11.5. The Morgan fingerprint density at radius 3 is 2.71 bits per heavy atom. The fourth-order valence-electron chi connectivity index (χ4n) is 2.09. The molecule has 116 valence electrons. The van der Waals surface area contributed by atoms with Crippen molar-refractivity contribution < 1.29 is 22.7 Å². The van der Waals surface area contributed by atoms with Crippen molar-refractivity contribution in [1.82, 2.24) is 9.29 Å². The molecule has 1 fully saturated rings. The van der Waals surface area contributed by atoms with E-state index in [-0.39, 0.29) is 23.0 Å². The number of methoxy groups -OCH3 is 1. The summed E-state index contributed by atoms with van der Waals surface area (Å²) in [4.78, 5) is 26.7. The highest BCUT2D eigenvalue weighted by Crippen LogP contribution is 2.35. The van der Waals surface area contributed by atoms with Crippen LogP contribution >= 0.6 is 11.3 Å². The molecule has 1 saturated heterocycles. The molecule has 0 saturated carbocycles. The Morgan fingerprint density at radius 2 is 2.19 bits per heavy atom. The van der Waals surface area contributed by atoms with Crippen LogP contribution in [0.25, 0.3) is 0 Å². The predicted octanol–water partition coefficient (Wildman–Crippen LogP) is -0.184. The van der Waals surface area contributed by atoms with E-state index in [2.05, 4.69) is 9.72 Å². The molecule has 2 rings (SSSR count). The molecule has 0 aromatic carbocycles. The number of ether oxygens (including phenoxy) is 1. The lowest BCUT2D eigenvalue weighted by molar-refractivity contribution is -0.126. The van der Waals surface area contributed by atoms with Gasteiger partial charge in [0.2, 0.25) is 5.91 Å². The van der Waals surface area contributed by atoms with Gasteiger partial charge in [0.15, 0.2) is 9.90 Å². The van der Waals surface area contributed by atoms with Crippen LogP contribution in [-0.2, 0) is 19.6 Å². The van der Waals surface area contributed by atoms with Crippen LogP contribution in [0.2, 0.25) is 0 Å². The Labute approximate surface area is 126 Å². The average Bonchev–Trinajstić information content (AvgIpc) is 3.05. The molecule has 0 spiro atoms. The summed E-state index contributed by atoms with van der Waals surface area (Å²) in [7, 11) is -2.75. The molecule has 2 N–H and O–H groups in total. The van der Waals surface area contributed by atoms with Crippen molar-refractivity contribution in [3.8, 4) is 0 Å². The van der Waals surface area contributed by atoms with Crippen LogP contribution in [0.3, 0.4) is 0 Å². The van der Waals surface area contributed by atoms with E-state index in [0.29, 0.717) is 6.42 Å². The number of amides is 1. The van der Waals surface area contributed by atoms with Crippen molar-refractivity contribution in [2.75, 3.05) is 20.2 Å². The Kier molecular flexibility index (Phi) is 4.04. The number of sulfonamides is 1. The van der Waals surface area contributed by atoms with Gasteiger partial charge < -0.3 is 10.5 Å². The van der Waals surface area contributed by atoms with Crippen molar-refractivity contribution in [3.05, 3.63) is 11.2 Å². The van der Waals surface area contributed by atoms with E-state index in [4.69, 9.17) is 5.73 Å². The Hall–Kier alpha value is -1.52. The van der Waals surface area contributed by atoms with Gasteiger partial charge in [-0.1, -0.05) is 0 Å². The number of carbonyl (C=O) groups is 2. The number of thiazole rings is 1. The average molecular weight is 333 g/mol. The molecular weight excluding hydrogens is 318 g/mol. The molecule has 1 atom stereocenters. The Morgan fingerprint density at radius 1 is 1.52 bits per heavy atom. The second kappa shape index (κ2) is 5.35. The second-order valence-corrected chi connectivity index (χ2v) is 7.98. The molecule has 1 amide bonds. The number of rotatable bonds is 4. The molecule has 8 nitrogen and oxygen atoms in total. The normalized spacial score (nSPS) is 23.1. The molecule has 0 radical (unpaired) electrons. The summed E-state index contributed by atoms with van der Waals surface area (Å²) >= 11 is 0.838. The van der Waals surface area contributed by atoms with Crippen molar-refractivity contribution in [3.63, 3.8) is 0 Å². The largest absolute Gasteiger partial charge is 0.464 e. The fourth-order valence-corrected chi connectivity index (χ4v) is 4.93. The predicted molar refractivity (Wildman–Crippen MR) is 74.1 cm³/mol. The molecule has 21 heavy (non-hydrogen) atoms. The highest BCUT2D eigenvalue weighted by atomic mass is 32.2. The minimum absolute atomic E-state index is 0.0107. The fraction of sp³-hybridized carbons (Fsp3) is 0.545. The maximum atomic E-state index is 12.6. The van der Waals surface area contributed by atoms with Crippen LogP contribution < -0.4 is 5.73 Å². The first-order valence-corrected chi connectivity index (χ1v) is 8.36. The molecule has 1 aromatic rings. The first kappa shape index (κ1) is 15.9. The highest BCUT2D eigenvalue weighted by Gasteiger charge is 2.45. The van der Waals surface area contributed by atoms with Crippen LogP contribution in [0.4, 0.5) is 0 Å². The minimum Gasteiger partial charge on any atom is -0.464 e. The Bertz CT molecular complexity index is 684. The number of nitrogens with zero attached hydrogens (tertiary/aromatic N) is 2. The van der Waals surface area contributed by atoms with Crippen molar-refractivity contribution in [2.24, 2.45) is 11.1 Å². The highest BCUT2D eigenvalue weighted by molar-refractivity contribution is 7.91. The standard InChI is InChI=1S/C11H15N3O5S2/c1-11(10(12)16)3-4-14(5-11)21(17,18)9-7(8(15)19-2)13-6-20-9/h6H,3-5H2,1-2H3,(H2,12,16). The van der Waals surface area contributed by atoms with E-state index in [9.17, 15) is 18.0 Å². The Balaban J connectivity index is 2.35. The second-order valence-electron chi connectivity index (χ2n) is 4.99. The van der Waals surface area contributed by atoms with Gasteiger partial charge in [0.25, 0.3) is 10.0 Å². The van der Waals surface area contributed by atoms with E-state index in [1.54, 1.807) is 6.92 Å². The molecule has 0 bridgehead atoms. The number of carbonyl (C=O) groups excluding carboxylic acids is 2. The van der Waals surface area contributed by atoms with Gasteiger partial charge in [-0.2, -0.15) is 4.31 Å². The molecule has 1 aliphatic rings. The first-order chi connectivity index (χ1) is 9.72. The quantitative estimate of drug-likeness (QED) is 0.763. The van der Waals surface area contributed by atoms with Gasteiger partial charge in [0.05, 0.1) is 18.0 Å². The minimum atomic E-state index is -3.90. The third-order valence-corrected chi connectivity index (χ3v) is 6.71. The van der Waals surface area contributed by atoms with Crippen LogP contribution in [0.15, 0.2) is 9.72 Å². The number of hydrogen-bond donors (Lipinski definition) is 1. The summed E-state index contributed by atoms with van der Waals surface area (Å²) in [5, 5.41) is 0. The van der Waals surface area contributed by atoms with Crippen molar-refractivity contribution >= 4 is 33.2 Å². The van der Waals surface area contributed by atoms with Gasteiger partial charge in [0, 0.05) is 13.1 Å². The van der Waals surface area contributed by atoms with Crippen LogP contribution in [0.1, 0.15) is 23.8 Å². The van der Waals surface area contributed by atoms with Crippen LogP contribution in [0, 0.1) is 5.41 Å². The van der Waals surface area contributed by atoms with Gasteiger partial charge >= 0.3 is 5.97 Å².